The molecule has 0 atom stereocenters. The van der Waals surface area contributed by atoms with Crippen molar-refractivity contribution in [1.82, 2.24) is 5.32 Å². The molecular formula is C27H47NO4S. The molecule has 0 unspecified atom stereocenters. The van der Waals surface area contributed by atoms with E-state index in [0.29, 0.717) is 6.42 Å². The van der Waals surface area contributed by atoms with Gasteiger partial charge in [-0.2, -0.15) is 8.42 Å². The van der Waals surface area contributed by atoms with Crippen molar-refractivity contribution in [1.29, 1.82) is 0 Å². The van der Waals surface area contributed by atoms with Crippen LogP contribution in [0.5, 0.6) is 0 Å². The SMILES string of the molecule is CCCCCCCCCCCCC#CC#CCCCCCCCCC(=O)NCCS(=O)(=O)O. The Labute approximate surface area is 204 Å². The van der Waals surface area contributed by atoms with Crippen LogP contribution in [0.25, 0.3) is 0 Å². The number of carbonyl (C=O) groups excluding carboxylic acids is 1. The Morgan fingerprint density at radius 3 is 1.58 bits per heavy atom. The van der Waals surface area contributed by atoms with E-state index >= 15 is 0 Å². The van der Waals surface area contributed by atoms with E-state index in [9.17, 15) is 13.2 Å². The highest BCUT2D eigenvalue weighted by molar-refractivity contribution is 7.85. The maximum absolute atomic E-state index is 11.5. The molecule has 0 saturated carbocycles. The van der Waals surface area contributed by atoms with Crippen LogP contribution >= 0.6 is 0 Å². The van der Waals surface area contributed by atoms with Gasteiger partial charge in [0.25, 0.3) is 10.1 Å². The Hall–Kier alpha value is -1.50. The summed E-state index contributed by atoms with van der Waals surface area (Å²) in [6.45, 7) is 2.22. The second kappa shape index (κ2) is 23.7. The van der Waals surface area contributed by atoms with Crippen molar-refractivity contribution >= 4 is 16.0 Å². The molecule has 0 rings (SSSR count). The number of rotatable bonds is 21. The maximum Gasteiger partial charge on any atom is 0.266 e. The number of nitrogens with one attached hydrogen (secondary N) is 1. The average molecular weight is 482 g/mol. The average Bonchev–Trinajstić information content (AvgIpc) is 2.76. The van der Waals surface area contributed by atoms with Crippen LogP contribution in [0.4, 0.5) is 0 Å². The van der Waals surface area contributed by atoms with Crippen LogP contribution in [-0.2, 0) is 14.9 Å². The Morgan fingerprint density at radius 2 is 1.12 bits per heavy atom. The predicted octanol–water partition coefficient (Wildman–Crippen LogP) is 6.43. The van der Waals surface area contributed by atoms with Gasteiger partial charge in [0.15, 0.2) is 0 Å². The number of amides is 1. The molecule has 0 aromatic carbocycles. The molecule has 0 bridgehead atoms. The van der Waals surface area contributed by atoms with Crippen LogP contribution in [0.1, 0.15) is 129 Å². The fraction of sp³-hybridized carbons (Fsp3) is 0.815. The summed E-state index contributed by atoms with van der Waals surface area (Å²) in [5.41, 5.74) is 0. The van der Waals surface area contributed by atoms with Crippen LogP contribution < -0.4 is 5.32 Å². The van der Waals surface area contributed by atoms with Crippen molar-refractivity contribution in [2.75, 3.05) is 12.3 Å². The van der Waals surface area contributed by atoms with Gasteiger partial charge in [0.2, 0.25) is 5.91 Å². The molecule has 0 aliphatic heterocycles. The van der Waals surface area contributed by atoms with E-state index in [1.54, 1.807) is 0 Å². The molecule has 0 saturated heterocycles. The molecule has 5 nitrogen and oxygen atoms in total. The zero-order valence-corrected chi connectivity index (χ0v) is 21.7. The number of hydrogen-bond donors (Lipinski definition) is 2. The minimum Gasteiger partial charge on any atom is -0.355 e. The monoisotopic (exact) mass is 481 g/mol. The van der Waals surface area contributed by atoms with Crippen molar-refractivity contribution in [3.8, 4) is 23.7 Å². The summed E-state index contributed by atoms with van der Waals surface area (Å²) in [5.74, 6) is 11.6. The predicted molar refractivity (Wildman–Crippen MR) is 138 cm³/mol. The Kier molecular flexibility index (Phi) is 22.6. The van der Waals surface area contributed by atoms with Crippen LogP contribution in [0, 0.1) is 23.7 Å². The lowest BCUT2D eigenvalue weighted by molar-refractivity contribution is -0.121. The number of unbranched alkanes of at least 4 members (excludes halogenated alkanes) is 16. The molecule has 1 amide bonds. The smallest absolute Gasteiger partial charge is 0.266 e. The number of hydrogen-bond acceptors (Lipinski definition) is 3. The summed E-state index contributed by atoms with van der Waals surface area (Å²) in [7, 11) is -4.01. The Balaban J connectivity index is 3.36. The maximum atomic E-state index is 11.5. The lowest BCUT2D eigenvalue weighted by atomic mass is 10.1. The van der Waals surface area contributed by atoms with E-state index < -0.39 is 15.9 Å². The van der Waals surface area contributed by atoms with E-state index in [1.807, 2.05) is 0 Å². The lowest BCUT2D eigenvalue weighted by Gasteiger charge is -2.04. The third kappa shape index (κ3) is 28.5. The third-order valence-corrected chi connectivity index (χ3v) is 6.25. The van der Waals surface area contributed by atoms with Crippen LogP contribution in [0.3, 0.4) is 0 Å². The largest absolute Gasteiger partial charge is 0.355 e. The molecule has 190 valence electrons. The van der Waals surface area contributed by atoms with Gasteiger partial charge in [0, 0.05) is 25.8 Å². The second-order valence-electron chi connectivity index (χ2n) is 8.79. The van der Waals surface area contributed by atoms with Gasteiger partial charge in [-0.25, -0.2) is 0 Å². The molecule has 0 aromatic rings. The third-order valence-electron chi connectivity index (χ3n) is 5.53. The van der Waals surface area contributed by atoms with Gasteiger partial charge >= 0.3 is 0 Å². The first kappa shape index (κ1) is 31.5. The first-order valence-electron chi connectivity index (χ1n) is 13.1. The normalized spacial score (nSPS) is 10.7. The van der Waals surface area contributed by atoms with Crippen molar-refractivity contribution in [2.45, 2.75) is 129 Å². The molecule has 0 aromatic heterocycles. The Bertz CT molecular complexity index is 695. The molecule has 0 radical (unpaired) electrons. The Morgan fingerprint density at radius 1 is 0.697 bits per heavy atom. The van der Waals surface area contributed by atoms with Gasteiger partial charge in [-0.15, -0.1) is 0 Å². The molecule has 33 heavy (non-hydrogen) atoms. The van der Waals surface area contributed by atoms with Crippen LogP contribution in [-0.4, -0.2) is 31.2 Å². The van der Waals surface area contributed by atoms with Gasteiger partial charge in [-0.05, 0) is 31.1 Å². The van der Waals surface area contributed by atoms with Crippen molar-refractivity contribution < 1.29 is 17.8 Å². The summed E-state index contributed by atoms with van der Waals surface area (Å²) in [4.78, 5) is 11.5. The van der Waals surface area contributed by atoms with E-state index in [4.69, 9.17) is 4.55 Å². The zero-order valence-electron chi connectivity index (χ0n) is 20.9. The van der Waals surface area contributed by atoms with Gasteiger partial charge in [0.1, 0.15) is 0 Å². The van der Waals surface area contributed by atoms with Crippen LogP contribution in [0.15, 0.2) is 0 Å². The van der Waals surface area contributed by atoms with Gasteiger partial charge in [-0.1, -0.05) is 102 Å². The molecule has 0 fully saturated rings. The molecule has 6 heteroatoms. The molecule has 0 spiro atoms. The van der Waals surface area contributed by atoms with Crippen LogP contribution in [0.2, 0.25) is 0 Å². The summed E-state index contributed by atoms with van der Waals surface area (Å²) in [6.07, 6.45) is 22.0. The summed E-state index contributed by atoms with van der Waals surface area (Å²) in [6, 6.07) is 0. The van der Waals surface area contributed by atoms with Gasteiger partial charge < -0.3 is 5.32 Å². The summed E-state index contributed by atoms with van der Waals surface area (Å²) < 4.78 is 29.7. The molecule has 2 N–H and O–H groups in total. The van der Waals surface area contributed by atoms with E-state index in [-0.39, 0.29) is 12.5 Å². The minimum absolute atomic E-state index is 0.0393. The van der Waals surface area contributed by atoms with Crippen molar-refractivity contribution in [3.63, 3.8) is 0 Å². The first-order chi connectivity index (χ1) is 16.0. The van der Waals surface area contributed by atoms with Gasteiger partial charge in [0.05, 0.1) is 5.75 Å². The van der Waals surface area contributed by atoms with E-state index in [1.165, 1.54) is 64.2 Å². The molecular weight excluding hydrogens is 434 g/mol. The highest BCUT2D eigenvalue weighted by Crippen LogP contribution is 2.11. The molecule has 0 heterocycles. The fourth-order valence-corrected chi connectivity index (χ4v) is 3.89. The lowest BCUT2D eigenvalue weighted by Crippen LogP contribution is -2.28. The van der Waals surface area contributed by atoms with E-state index in [2.05, 4.69) is 35.9 Å². The van der Waals surface area contributed by atoms with Gasteiger partial charge in [-0.3, -0.25) is 9.35 Å². The van der Waals surface area contributed by atoms with Crippen molar-refractivity contribution in [3.05, 3.63) is 0 Å². The van der Waals surface area contributed by atoms with E-state index in [0.717, 1.165) is 51.4 Å². The molecule has 0 aliphatic carbocycles. The second-order valence-corrected chi connectivity index (χ2v) is 10.4. The number of carbonyl (C=O) groups is 1. The topological polar surface area (TPSA) is 83.5 Å². The summed E-state index contributed by atoms with van der Waals surface area (Å²) >= 11 is 0. The highest BCUT2D eigenvalue weighted by Gasteiger charge is 2.06. The summed E-state index contributed by atoms with van der Waals surface area (Å²) in [5, 5.41) is 2.50. The first-order valence-corrected chi connectivity index (χ1v) is 14.7. The standard InChI is InChI=1S/C27H47NO4S/c1-2-3-4-5-6-7-8-9-10-11-12-13-14-15-16-17-18-19-20-21-22-23-24-27(29)28-25-26-33(30,31)32/h2-12,17-26H2,1H3,(H,28,29)(H,30,31,32). The van der Waals surface area contributed by atoms with Crippen molar-refractivity contribution in [2.24, 2.45) is 0 Å². The minimum atomic E-state index is -4.01. The zero-order chi connectivity index (χ0) is 24.5. The molecule has 0 aliphatic rings. The highest BCUT2D eigenvalue weighted by atomic mass is 32.2. The quantitative estimate of drug-likeness (QED) is 0.112. The fourth-order valence-electron chi connectivity index (χ4n) is 3.53.